The van der Waals surface area contributed by atoms with Crippen molar-refractivity contribution in [2.24, 2.45) is 0 Å². The molecule has 2 nitrogen and oxygen atoms in total. The minimum atomic E-state index is 0.665. The van der Waals surface area contributed by atoms with E-state index in [1.54, 1.807) is 11.3 Å². The lowest BCUT2D eigenvalue weighted by Gasteiger charge is -2.06. The van der Waals surface area contributed by atoms with E-state index in [1.807, 2.05) is 18.2 Å². The normalized spacial score (nSPS) is 9.88. The molecule has 2 aromatic rings. The number of nitriles is 1. The van der Waals surface area contributed by atoms with Crippen molar-refractivity contribution in [3.05, 3.63) is 50.6 Å². The van der Waals surface area contributed by atoms with Gasteiger partial charge in [0.05, 0.1) is 11.6 Å². The SMILES string of the molecule is N#Cc1cc(Br)cc(NCCc2cccs2)c1. The highest BCUT2D eigenvalue weighted by atomic mass is 79.9. The van der Waals surface area contributed by atoms with Crippen molar-refractivity contribution in [1.29, 1.82) is 5.26 Å². The van der Waals surface area contributed by atoms with E-state index < -0.39 is 0 Å². The fourth-order valence-corrected chi connectivity index (χ4v) is 2.74. The first-order valence-electron chi connectivity index (χ1n) is 5.25. The summed E-state index contributed by atoms with van der Waals surface area (Å²) < 4.78 is 0.926. The number of benzene rings is 1. The van der Waals surface area contributed by atoms with Gasteiger partial charge in [0.1, 0.15) is 0 Å². The van der Waals surface area contributed by atoms with Gasteiger partial charge in [0.2, 0.25) is 0 Å². The standard InChI is InChI=1S/C13H11BrN2S/c14-11-6-10(9-15)7-12(8-11)16-4-3-13-2-1-5-17-13/h1-2,5-8,16H,3-4H2. The molecule has 1 aromatic heterocycles. The van der Waals surface area contributed by atoms with E-state index in [1.165, 1.54) is 4.88 Å². The van der Waals surface area contributed by atoms with Crippen LogP contribution in [0.25, 0.3) is 0 Å². The van der Waals surface area contributed by atoms with Crippen LogP contribution in [-0.4, -0.2) is 6.54 Å². The second kappa shape index (κ2) is 5.85. The van der Waals surface area contributed by atoms with Crippen LogP contribution in [0.5, 0.6) is 0 Å². The van der Waals surface area contributed by atoms with E-state index in [0.717, 1.165) is 23.1 Å². The Kier molecular flexibility index (Phi) is 4.18. The van der Waals surface area contributed by atoms with E-state index in [-0.39, 0.29) is 0 Å². The van der Waals surface area contributed by atoms with Gasteiger partial charge < -0.3 is 5.32 Å². The van der Waals surface area contributed by atoms with Crippen LogP contribution in [0.3, 0.4) is 0 Å². The number of nitrogens with zero attached hydrogens (tertiary/aromatic N) is 1. The average molecular weight is 307 g/mol. The molecule has 0 aliphatic rings. The molecule has 0 aliphatic carbocycles. The molecule has 0 aliphatic heterocycles. The first-order valence-corrected chi connectivity index (χ1v) is 6.92. The van der Waals surface area contributed by atoms with E-state index in [4.69, 9.17) is 5.26 Å². The lowest BCUT2D eigenvalue weighted by Crippen LogP contribution is -2.04. The molecular weight excluding hydrogens is 296 g/mol. The highest BCUT2D eigenvalue weighted by Gasteiger charge is 1.99. The van der Waals surface area contributed by atoms with Crippen LogP contribution in [0.1, 0.15) is 10.4 Å². The summed E-state index contributed by atoms with van der Waals surface area (Å²) in [4.78, 5) is 1.37. The smallest absolute Gasteiger partial charge is 0.0992 e. The molecule has 4 heteroatoms. The average Bonchev–Trinajstić information content (AvgIpc) is 2.81. The van der Waals surface area contributed by atoms with Gasteiger partial charge in [0, 0.05) is 21.6 Å². The summed E-state index contributed by atoms with van der Waals surface area (Å²) in [5, 5.41) is 14.3. The van der Waals surface area contributed by atoms with E-state index in [0.29, 0.717) is 5.56 Å². The van der Waals surface area contributed by atoms with Crippen molar-refractivity contribution >= 4 is 33.0 Å². The number of halogens is 1. The van der Waals surface area contributed by atoms with Crippen LogP contribution in [0.2, 0.25) is 0 Å². The van der Waals surface area contributed by atoms with Crippen molar-refractivity contribution < 1.29 is 0 Å². The summed E-state index contributed by atoms with van der Waals surface area (Å²) >= 11 is 5.16. The Morgan fingerprint density at radius 2 is 2.24 bits per heavy atom. The number of anilines is 1. The maximum atomic E-state index is 8.87. The summed E-state index contributed by atoms with van der Waals surface area (Å²) in [6, 6.07) is 12.0. The Labute approximate surface area is 113 Å². The Bertz CT molecular complexity index is 529. The van der Waals surface area contributed by atoms with Crippen molar-refractivity contribution in [1.82, 2.24) is 0 Å². The molecular formula is C13H11BrN2S. The zero-order chi connectivity index (χ0) is 12.1. The largest absolute Gasteiger partial charge is 0.385 e. The van der Waals surface area contributed by atoms with Gasteiger partial charge in [0.25, 0.3) is 0 Å². The summed E-state index contributed by atoms with van der Waals surface area (Å²) in [5.74, 6) is 0. The monoisotopic (exact) mass is 306 g/mol. The maximum absolute atomic E-state index is 8.87. The Balaban J connectivity index is 1.95. The molecule has 0 fully saturated rings. The third-order valence-electron chi connectivity index (χ3n) is 2.31. The van der Waals surface area contributed by atoms with Crippen LogP contribution < -0.4 is 5.32 Å². The third kappa shape index (κ3) is 3.58. The first kappa shape index (κ1) is 12.2. The van der Waals surface area contributed by atoms with Gasteiger partial charge in [-0.1, -0.05) is 22.0 Å². The van der Waals surface area contributed by atoms with Gasteiger partial charge in [0.15, 0.2) is 0 Å². The maximum Gasteiger partial charge on any atom is 0.0992 e. The second-order valence-electron chi connectivity index (χ2n) is 3.60. The Hall–Kier alpha value is -1.31. The predicted molar refractivity (Wildman–Crippen MR) is 75.4 cm³/mol. The summed E-state index contributed by atoms with van der Waals surface area (Å²) in [7, 11) is 0. The number of rotatable bonds is 4. The van der Waals surface area contributed by atoms with Gasteiger partial charge in [-0.05, 0) is 36.1 Å². The second-order valence-corrected chi connectivity index (χ2v) is 5.54. The molecule has 0 spiro atoms. The van der Waals surface area contributed by atoms with Gasteiger partial charge >= 0.3 is 0 Å². The summed E-state index contributed by atoms with van der Waals surface area (Å²) in [6.45, 7) is 0.877. The molecule has 0 saturated heterocycles. The lowest BCUT2D eigenvalue weighted by atomic mass is 10.2. The van der Waals surface area contributed by atoms with Crippen LogP contribution in [0.4, 0.5) is 5.69 Å². The van der Waals surface area contributed by atoms with Crippen LogP contribution in [0.15, 0.2) is 40.2 Å². The minimum Gasteiger partial charge on any atom is -0.385 e. The van der Waals surface area contributed by atoms with Gasteiger partial charge in [-0.25, -0.2) is 0 Å². The molecule has 2 rings (SSSR count). The highest BCUT2D eigenvalue weighted by molar-refractivity contribution is 9.10. The molecule has 1 aromatic carbocycles. The molecule has 0 amide bonds. The Morgan fingerprint density at radius 1 is 1.35 bits per heavy atom. The van der Waals surface area contributed by atoms with Crippen molar-refractivity contribution in [2.45, 2.75) is 6.42 Å². The van der Waals surface area contributed by atoms with E-state index >= 15 is 0 Å². The van der Waals surface area contributed by atoms with Crippen molar-refractivity contribution in [3.63, 3.8) is 0 Å². The number of hydrogen-bond donors (Lipinski definition) is 1. The van der Waals surface area contributed by atoms with Crippen molar-refractivity contribution in [3.8, 4) is 6.07 Å². The van der Waals surface area contributed by atoms with E-state index in [9.17, 15) is 0 Å². The zero-order valence-corrected chi connectivity index (χ0v) is 11.5. The molecule has 0 radical (unpaired) electrons. The van der Waals surface area contributed by atoms with Crippen LogP contribution >= 0.6 is 27.3 Å². The first-order chi connectivity index (χ1) is 8.28. The fourth-order valence-electron chi connectivity index (χ4n) is 1.54. The topological polar surface area (TPSA) is 35.8 Å². The van der Waals surface area contributed by atoms with Gasteiger partial charge in [-0.2, -0.15) is 5.26 Å². The van der Waals surface area contributed by atoms with Crippen molar-refractivity contribution in [2.75, 3.05) is 11.9 Å². The number of thiophene rings is 1. The molecule has 0 atom stereocenters. The fraction of sp³-hybridized carbons (Fsp3) is 0.154. The highest BCUT2D eigenvalue weighted by Crippen LogP contribution is 2.19. The summed E-state index contributed by atoms with van der Waals surface area (Å²) in [6.07, 6.45) is 1.01. The van der Waals surface area contributed by atoms with E-state index in [2.05, 4.69) is 44.8 Å². The minimum absolute atomic E-state index is 0.665. The molecule has 1 heterocycles. The molecule has 86 valence electrons. The molecule has 0 unspecified atom stereocenters. The van der Waals surface area contributed by atoms with Gasteiger partial charge in [-0.3, -0.25) is 0 Å². The van der Waals surface area contributed by atoms with Crippen LogP contribution in [-0.2, 0) is 6.42 Å². The number of nitrogens with one attached hydrogen (secondary N) is 1. The third-order valence-corrected chi connectivity index (χ3v) is 3.70. The van der Waals surface area contributed by atoms with Crippen LogP contribution in [0, 0.1) is 11.3 Å². The lowest BCUT2D eigenvalue weighted by molar-refractivity contribution is 1.04. The van der Waals surface area contributed by atoms with Gasteiger partial charge in [-0.15, -0.1) is 11.3 Å². The molecule has 0 bridgehead atoms. The zero-order valence-electron chi connectivity index (χ0n) is 9.11. The quantitative estimate of drug-likeness (QED) is 0.925. The molecule has 0 saturated carbocycles. The molecule has 17 heavy (non-hydrogen) atoms. The Morgan fingerprint density at radius 3 is 2.94 bits per heavy atom. The predicted octanol–water partition coefficient (Wildman–Crippen LogP) is 4.04. The summed E-state index contributed by atoms with van der Waals surface area (Å²) in [5.41, 5.74) is 1.64. The number of hydrogen-bond acceptors (Lipinski definition) is 3. The molecule has 1 N–H and O–H groups in total.